The Morgan fingerprint density at radius 3 is 2.76 bits per heavy atom. The highest BCUT2D eigenvalue weighted by Crippen LogP contribution is 2.33. The van der Waals surface area contributed by atoms with Crippen LogP contribution in [0.15, 0.2) is 53.9 Å². The molecule has 4 nitrogen and oxygen atoms in total. The second kappa shape index (κ2) is 8.24. The molecule has 0 spiro atoms. The molecule has 3 rings (SSSR count). The first-order valence-electron chi connectivity index (χ1n) is 7.59. The number of aliphatic hydroxyl groups excluding tert-OH is 1. The molecule has 0 saturated heterocycles. The summed E-state index contributed by atoms with van der Waals surface area (Å²) in [5.74, 6) is -0.913. The van der Waals surface area contributed by atoms with Gasteiger partial charge in [-0.3, -0.25) is 4.79 Å². The number of rotatable bonds is 7. The fraction of sp³-hybridized carbons (Fsp3) is 0.167. The molecule has 1 aromatic carbocycles. The van der Waals surface area contributed by atoms with E-state index in [1.54, 1.807) is 23.5 Å². The number of ether oxygens (including phenoxy) is 1. The summed E-state index contributed by atoms with van der Waals surface area (Å²) < 4.78 is 18.5. The second-order valence-electron chi connectivity index (χ2n) is 5.22. The van der Waals surface area contributed by atoms with Crippen molar-refractivity contribution in [2.75, 3.05) is 13.2 Å². The van der Waals surface area contributed by atoms with Crippen LogP contribution in [0.4, 0.5) is 4.39 Å². The maximum atomic E-state index is 13.4. The zero-order chi connectivity index (χ0) is 17.6. The molecule has 25 heavy (non-hydrogen) atoms. The van der Waals surface area contributed by atoms with Crippen LogP contribution in [0.3, 0.4) is 0 Å². The molecule has 0 bridgehead atoms. The molecule has 0 aliphatic heterocycles. The summed E-state index contributed by atoms with van der Waals surface area (Å²) in [4.78, 5) is 14.8. The summed E-state index contributed by atoms with van der Waals surface area (Å²) in [7, 11) is 0. The Bertz CT molecular complexity index is 832. The van der Waals surface area contributed by atoms with Crippen LogP contribution in [0.25, 0.3) is 9.75 Å². The van der Waals surface area contributed by atoms with Gasteiger partial charge in [0.15, 0.2) is 18.2 Å². The topological polar surface area (TPSA) is 58.6 Å². The van der Waals surface area contributed by atoms with Gasteiger partial charge in [0.25, 0.3) is 5.91 Å². The van der Waals surface area contributed by atoms with Gasteiger partial charge in [-0.2, -0.15) is 0 Å². The van der Waals surface area contributed by atoms with E-state index < -0.39 is 17.8 Å². The minimum atomic E-state index is -0.795. The highest BCUT2D eigenvalue weighted by atomic mass is 32.1. The molecule has 1 amide bonds. The van der Waals surface area contributed by atoms with Crippen LogP contribution in [-0.4, -0.2) is 24.2 Å². The fourth-order valence-corrected chi connectivity index (χ4v) is 3.98. The zero-order valence-electron chi connectivity index (χ0n) is 13.1. The smallest absolute Gasteiger partial charge is 0.258 e. The number of thiophene rings is 2. The van der Waals surface area contributed by atoms with Gasteiger partial charge in [0.05, 0.1) is 0 Å². The Morgan fingerprint density at radius 2 is 2.00 bits per heavy atom. The van der Waals surface area contributed by atoms with Gasteiger partial charge >= 0.3 is 0 Å². The quantitative estimate of drug-likeness (QED) is 0.658. The molecular weight excluding hydrogens is 361 g/mol. The van der Waals surface area contributed by atoms with Crippen LogP contribution in [0, 0.1) is 5.82 Å². The number of hydrogen-bond acceptors (Lipinski definition) is 5. The number of carbonyl (C=O) groups is 1. The molecule has 2 aromatic heterocycles. The minimum absolute atomic E-state index is 0.0250. The minimum Gasteiger partial charge on any atom is -0.481 e. The summed E-state index contributed by atoms with van der Waals surface area (Å²) in [6.07, 6.45) is -0.795. The Hall–Kier alpha value is -2.22. The molecule has 0 saturated carbocycles. The number of nitrogens with one attached hydrogen (secondary N) is 1. The lowest BCUT2D eigenvalue weighted by molar-refractivity contribution is -0.123. The van der Waals surface area contributed by atoms with Gasteiger partial charge in [0.2, 0.25) is 0 Å². The molecule has 3 aromatic rings. The van der Waals surface area contributed by atoms with Gasteiger partial charge in [-0.15, -0.1) is 22.7 Å². The van der Waals surface area contributed by atoms with E-state index in [0.717, 1.165) is 14.6 Å². The average Bonchev–Trinajstić information content (AvgIpc) is 3.30. The van der Waals surface area contributed by atoms with E-state index in [9.17, 15) is 14.3 Å². The predicted molar refractivity (Wildman–Crippen MR) is 97.5 cm³/mol. The maximum Gasteiger partial charge on any atom is 0.258 e. The van der Waals surface area contributed by atoms with Crippen molar-refractivity contribution in [2.45, 2.75) is 6.10 Å². The Morgan fingerprint density at radius 1 is 1.16 bits per heavy atom. The number of aliphatic hydroxyl groups is 1. The first-order chi connectivity index (χ1) is 12.1. The van der Waals surface area contributed by atoms with E-state index in [-0.39, 0.29) is 18.9 Å². The number of benzene rings is 1. The van der Waals surface area contributed by atoms with Crippen molar-refractivity contribution < 1.29 is 19.0 Å². The zero-order valence-corrected chi connectivity index (χ0v) is 14.8. The Kier molecular flexibility index (Phi) is 5.80. The van der Waals surface area contributed by atoms with Crippen molar-refractivity contribution in [3.8, 4) is 15.5 Å². The third kappa shape index (κ3) is 4.66. The molecule has 2 N–H and O–H groups in total. The third-order valence-corrected chi connectivity index (χ3v) is 5.66. The van der Waals surface area contributed by atoms with Crippen LogP contribution < -0.4 is 10.1 Å². The van der Waals surface area contributed by atoms with Crippen molar-refractivity contribution in [3.05, 3.63) is 64.6 Å². The van der Waals surface area contributed by atoms with E-state index in [1.165, 1.54) is 23.5 Å². The molecule has 130 valence electrons. The van der Waals surface area contributed by atoms with Crippen molar-refractivity contribution in [1.82, 2.24) is 5.32 Å². The van der Waals surface area contributed by atoms with Crippen molar-refractivity contribution in [3.63, 3.8) is 0 Å². The highest BCUT2D eigenvalue weighted by Gasteiger charge is 2.14. The molecule has 2 heterocycles. The van der Waals surface area contributed by atoms with Crippen molar-refractivity contribution >= 4 is 28.6 Å². The summed E-state index contributed by atoms with van der Waals surface area (Å²) in [6.45, 7) is -0.234. The molecule has 1 atom stereocenters. The van der Waals surface area contributed by atoms with Crippen molar-refractivity contribution in [1.29, 1.82) is 0 Å². The molecule has 0 aliphatic rings. The average molecular weight is 377 g/mol. The van der Waals surface area contributed by atoms with Gasteiger partial charge in [-0.25, -0.2) is 4.39 Å². The molecule has 7 heteroatoms. The standard InChI is InChI=1S/C18H16FNO3S2/c19-12-4-1-2-5-14(12)23-11-18(22)20-10-13(21)15-7-8-17(25-15)16-6-3-9-24-16/h1-9,13,21H,10-11H2,(H,20,22). The van der Waals surface area contributed by atoms with Gasteiger partial charge in [0.1, 0.15) is 6.10 Å². The second-order valence-corrected chi connectivity index (χ2v) is 7.28. The summed E-state index contributed by atoms with van der Waals surface area (Å²) in [6, 6.07) is 13.7. The van der Waals surface area contributed by atoms with Gasteiger partial charge in [-0.1, -0.05) is 18.2 Å². The molecule has 1 unspecified atom stereocenters. The van der Waals surface area contributed by atoms with Gasteiger partial charge < -0.3 is 15.2 Å². The third-order valence-electron chi connectivity index (χ3n) is 3.41. The number of carbonyl (C=O) groups excluding carboxylic acids is 1. The summed E-state index contributed by atoms with van der Waals surface area (Å²) in [5.41, 5.74) is 0. The number of para-hydroxylation sites is 1. The van der Waals surface area contributed by atoms with Crippen LogP contribution in [0.1, 0.15) is 11.0 Å². The van der Waals surface area contributed by atoms with E-state index >= 15 is 0 Å². The van der Waals surface area contributed by atoms with E-state index in [4.69, 9.17) is 4.74 Å². The van der Waals surface area contributed by atoms with Gasteiger partial charge in [-0.05, 0) is 35.7 Å². The summed E-state index contributed by atoms with van der Waals surface area (Å²) >= 11 is 3.13. The molecular formula is C18H16FNO3S2. The van der Waals surface area contributed by atoms with Crippen LogP contribution in [0.5, 0.6) is 5.75 Å². The first-order valence-corrected chi connectivity index (χ1v) is 9.29. The maximum absolute atomic E-state index is 13.4. The largest absolute Gasteiger partial charge is 0.481 e. The predicted octanol–water partition coefficient (Wildman–Crippen LogP) is 3.84. The normalized spacial score (nSPS) is 11.9. The first kappa shape index (κ1) is 17.6. The van der Waals surface area contributed by atoms with Crippen LogP contribution in [-0.2, 0) is 4.79 Å². The number of hydrogen-bond donors (Lipinski definition) is 2. The lowest BCUT2D eigenvalue weighted by Crippen LogP contribution is -2.32. The molecule has 0 aliphatic carbocycles. The van der Waals surface area contributed by atoms with Crippen LogP contribution in [0.2, 0.25) is 0 Å². The van der Waals surface area contributed by atoms with E-state index in [0.29, 0.717) is 0 Å². The molecule has 0 fully saturated rings. The lowest BCUT2D eigenvalue weighted by Gasteiger charge is -2.11. The highest BCUT2D eigenvalue weighted by molar-refractivity contribution is 7.21. The Balaban J connectivity index is 1.48. The monoisotopic (exact) mass is 377 g/mol. The number of amides is 1. The summed E-state index contributed by atoms with van der Waals surface area (Å²) in [5, 5.41) is 14.8. The van der Waals surface area contributed by atoms with Gasteiger partial charge in [0, 0.05) is 21.2 Å². The Labute approximate surface area is 152 Å². The molecule has 0 radical (unpaired) electrons. The SMILES string of the molecule is O=C(COc1ccccc1F)NCC(O)c1ccc(-c2cccs2)s1. The van der Waals surface area contributed by atoms with Crippen molar-refractivity contribution in [2.24, 2.45) is 0 Å². The lowest BCUT2D eigenvalue weighted by atomic mass is 10.3. The van der Waals surface area contributed by atoms with E-state index in [1.807, 2.05) is 29.6 Å². The van der Waals surface area contributed by atoms with Crippen LogP contribution >= 0.6 is 22.7 Å². The number of halogens is 1. The van der Waals surface area contributed by atoms with E-state index in [2.05, 4.69) is 5.32 Å². The fourth-order valence-electron chi connectivity index (χ4n) is 2.15.